The Labute approximate surface area is 258 Å². The van der Waals surface area contributed by atoms with Crippen LogP contribution in [0.2, 0.25) is 10.0 Å². The highest BCUT2D eigenvalue weighted by molar-refractivity contribution is 7.84. The molecule has 2 amide bonds. The summed E-state index contributed by atoms with van der Waals surface area (Å²) >= 11 is 12.6. The van der Waals surface area contributed by atoms with Crippen molar-refractivity contribution in [1.29, 1.82) is 0 Å². The third-order valence-corrected chi connectivity index (χ3v) is 10.6. The van der Waals surface area contributed by atoms with E-state index in [4.69, 9.17) is 23.2 Å². The first-order valence-electron chi connectivity index (χ1n) is 14.3. The van der Waals surface area contributed by atoms with Crippen molar-refractivity contribution >= 4 is 63.2 Å². The van der Waals surface area contributed by atoms with Gasteiger partial charge in [-0.25, -0.2) is 0 Å². The summed E-state index contributed by atoms with van der Waals surface area (Å²) in [5.74, 6) is 0.940. The minimum atomic E-state index is -1.42. The molecule has 1 saturated heterocycles. The van der Waals surface area contributed by atoms with Gasteiger partial charge in [-0.05, 0) is 80.1 Å². The first-order valence-corrected chi connectivity index (χ1v) is 16.4. The van der Waals surface area contributed by atoms with Crippen molar-refractivity contribution < 1.29 is 13.8 Å². The van der Waals surface area contributed by atoms with Crippen LogP contribution in [-0.2, 0) is 32.6 Å². The fraction of sp³-hybridized carbons (Fsp3) is 0.375. The highest BCUT2D eigenvalue weighted by atomic mass is 35.5. The number of anilines is 1. The number of hydrogen-bond donors (Lipinski definition) is 2. The van der Waals surface area contributed by atoms with Crippen LogP contribution in [0.15, 0.2) is 41.3 Å². The number of piperazine rings is 1. The number of benzene rings is 2. The molecular weight excluding hydrogens is 591 g/mol. The van der Waals surface area contributed by atoms with Gasteiger partial charge in [0.2, 0.25) is 5.91 Å². The van der Waals surface area contributed by atoms with Crippen molar-refractivity contribution in [3.8, 4) is 0 Å². The Bertz CT molecular complexity index is 1600. The molecule has 0 radical (unpaired) electrons. The molecule has 0 spiro atoms. The van der Waals surface area contributed by atoms with Crippen LogP contribution in [-0.4, -0.2) is 63.5 Å². The number of H-pyrrole nitrogens is 1. The molecule has 10 heteroatoms. The molecule has 1 unspecified atom stereocenters. The summed E-state index contributed by atoms with van der Waals surface area (Å²) in [5.41, 5.74) is 6.09. The number of amides is 2. The van der Waals surface area contributed by atoms with E-state index in [1.54, 1.807) is 36.4 Å². The maximum Gasteiger partial charge on any atom is 0.256 e. The van der Waals surface area contributed by atoms with Crippen molar-refractivity contribution in [1.82, 2.24) is 14.8 Å². The summed E-state index contributed by atoms with van der Waals surface area (Å²) in [4.78, 5) is 34.7. The van der Waals surface area contributed by atoms with Gasteiger partial charge in [0.05, 0.1) is 28.5 Å². The summed E-state index contributed by atoms with van der Waals surface area (Å²) in [5, 5.41) is 3.85. The van der Waals surface area contributed by atoms with Crippen molar-refractivity contribution in [3.05, 3.63) is 80.1 Å². The molecule has 7 nitrogen and oxygen atoms in total. The van der Waals surface area contributed by atoms with Gasteiger partial charge in [0.25, 0.3) is 5.91 Å². The smallest absolute Gasteiger partial charge is 0.256 e. The van der Waals surface area contributed by atoms with Crippen LogP contribution in [0.25, 0.3) is 11.6 Å². The highest BCUT2D eigenvalue weighted by Gasteiger charge is 2.29. The van der Waals surface area contributed by atoms with E-state index < -0.39 is 10.8 Å². The number of carbonyl (C=O) groups excluding carboxylic acids is 2. The van der Waals surface area contributed by atoms with Crippen LogP contribution in [0.5, 0.6) is 0 Å². The van der Waals surface area contributed by atoms with E-state index in [0.29, 0.717) is 43.7 Å². The molecule has 1 saturated carbocycles. The summed E-state index contributed by atoms with van der Waals surface area (Å²) in [6.45, 7) is 8.55. The van der Waals surface area contributed by atoms with Gasteiger partial charge in [-0.2, -0.15) is 0 Å². The quantitative estimate of drug-likeness (QED) is 0.309. The van der Waals surface area contributed by atoms with E-state index in [2.05, 4.69) is 15.2 Å². The van der Waals surface area contributed by atoms with Crippen molar-refractivity contribution in [3.63, 3.8) is 0 Å². The minimum absolute atomic E-state index is 0.139. The zero-order valence-electron chi connectivity index (χ0n) is 23.8. The molecule has 2 aliphatic heterocycles. The SMILES string of the molecule is Cc1[nH]c(/C=C2\C(=O)Nc3ccc(S(=O)Cc4c(Cl)cccc4Cl)cc32)c(C)c1CC(=O)N1CCN(CC2CC2)CC1. The number of nitrogens with one attached hydrogen (secondary N) is 2. The molecule has 2 N–H and O–H groups in total. The Balaban J connectivity index is 1.19. The number of aromatic nitrogens is 1. The minimum Gasteiger partial charge on any atom is -0.359 e. The average Bonchev–Trinajstić information content (AvgIpc) is 3.68. The molecule has 3 aliphatic rings. The molecule has 3 heterocycles. The molecule has 0 bridgehead atoms. The molecule has 6 rings (SSSR count). The van der Waals surface area contributed by atoms with E-state index >= 15 is 0 Å². The maximum atomic E-state index is 13.3. The Hall–Kier alpha value is -2.91. The fourth-order valence-corrected chi connectivity index (χ4v) is 7.71. The van der Waals surface area contributed by atoms with E-state index in [1.165, 1.54) is 19.4 Å². The molecule has 1 aromatic heterocycles. The Kier molecular flexibility index (Phi) is 8.33. The number of hydrogen-bond acceptors (Lipinski definition) is 4. The zero-order chi connectivity index (χ0) is 29.5. The Morgan fingerprint density at radius 3 is 2.45 bits per heavy atom. The normalized spacial score (nSPS) is 18.8. The lowest BCUT2D eigenvalue weighted by atomic mass is 10.0. The molecule has 2 fully saturated rings. The van der Waals surface area contributed by atoms with E-state index in [1.807, 2.05) is 24.8 Å². The fourth-order valence-electron chi connectivity index (χ4n) is 5.81. The summed E-state index contributed by atoms with van der Waals surface area (Å²) < 4.78 is 13.3. The molecule has 3 aromatic rings. The van der Waals surface area contributed by atoms with E-state index in [0.717, 1.165) is 54.6 Å². The first-order chi connectivity index (χ1) is 20.2. The molecule has 42 heavy (non-hydrogen) atoms. The molecular formula is C32H34Cl2N4O3S. The van der Waals surface area contributed by atoms with Gasteiger partial charge >= 0.3 is 0 Å². The third-order valence-electron chi connectivity index (χ3n) is 8.56. The van der Waals surface area contributed by atoms with Gasteiger partial charge in [-0.1, -0.05) is 29.3 Å². The molecule has 220 valence electrons. The number of rotatable bonds is 8. The lowest BCUT2D eigenvalue weighted by Crippen LogP contribution is -2.49. The molecule has 1 atom stereocenters. The van der Waals surface area contributed by atoms with Crippen LogP contribution in [0, 0.1) is 19.8 Å². The van der Waals surface area contributed by atoms with E-state index in [-0.39, 0.29) is 17.6 Å². The second kappa shape index (κ2) is 12.0. The van der Waals surface area contributed by atoms with Crippen LogP contribution < -0.4 is 5.32 Å². The Morgan fingerprint density at radius 2 is 1.76 bits per heavy atom. The summed E-state index contributed by atoms with van der Waals surface area (Å²) in [6.07, 6.45) is 4.84. The Morgan fingerprint density at radius 1 is 1.05 bits per heavy atom. The van der Waals surface area contributed by atoms with Crippen LogP contribution in [0.4, 0.5) is 5.69 Å². The monoisotopic (exact) mass is 624 g/mol. The molecule has 1 aliphatic carbocycles. The summed E-state index contributed by atoms with van der Waals surface area (Å²) in [7, 11) is -1.42. The molecule has 2 aromatic carbocycles. The number of carbonyl (C=O) groups is 2. The van der Waals surface area contributed by atoms with Crippen LogP contribution in [0.1, 0.15) is 46.5 Å². The van der Waals surface area contributed by atoms with Crippen LogP contribution >= 0.6 is 23.2 Å². The highest BCUT2D eigenvalue weighted by Crippen LogP contribution is 2.36. The lowest BCUT2D eigenvalue weighted by Gasteiger charge is -2.35. The van der Waals surface area contributed by atoms with Gasteiger partial charge < -0.3 is 15.2 Å². The predicted molar refractivity (Wildman–Crippen MR) is 169 cm³/mol. The number of fused-ring (bicyclic) bond motifs is 1. The average molecular weight is 626 g/mol. The topological polar surface area (TPSA) is 85.5 Å². The van der Waals surface area contributed by atoms with Crippen molar-refractivity contribution in [2.24, 2.45) is 5.92 Å². The van der Waals surface area contributed by atoms with Gasteiger partial charge in [0.1, 0.15) is 0 Å². The van der Waals surface area contributed by atoms with Crippen LogP contribution in [0.3, 0.4) is 0 Å². The lowest BCUT2D eigenvalue weighted by molar-refractivity contribution is -0.132. The largest absolute Gasteiger partial charge is 0.359 e. The van der Waals surface area contributed by atoms with Gasteiger partial charge in [0.15, 0.2) is 0 Å². The number of halogens is 2. The van der Waals surface area contributed by atoms with Gasteiger partial charge in [0, 0.05) is 75.9 Å². The van der Waals surface area contributed by atoms with Gasteiger partial charge in [-0.3, -0.25) is 18.7 Å². The number of nitrogens with zero attached hydrogens (tertiary/aromatic N) is 2. The zero-order valence-corrected chi connectivity index (χ0v) is 26.1. The standard InChI is InChI=1S/C32H34Cl2N4O3S/c1-19-23(16-31(39)38-12-10-37(11-13-38)17-21-6-7-21)20(2)35-30(19)15-25-24-14-22(8-9-29(24)36-32(25)40)42(41)18-26-27(33)4-3-5-28(26)34/h3-5,8-9,14-15,21,35H,6-7,10-13,16-18H2,1-2H3,(H,36,40)/b25-15-. The maximum absolute atomic E-state index is 13.3. The summed E-state index contributed by atoms with van der Waals surface area (Å²) in [6, 6.07) is 10.5. The second-order valence-corrected chi connectivity index (χ2v) is 13.7. The van der Waals surface area contributed by atoms with E-state index in [9.17, 15) is 13.8 Å². The predicted octanol–water partition coefficient (Wildman–Crippen LogP) is 5.84. The van der Waals surface area contributed by atoms with Gasteiger partial charge in [-0.15, -0.1) is 0 Å². The van der Waals surface area contributed by atoms with Crippen molar-refractivity contribution in [2.45, 2.75) is 43.8 Å². The second-order valence-electron chi connectivity index (χ2n) is 11.5. The van der Waals surface area contributed by atoms with Crippen molar-refractivity contribution in [2.75, 3.05) is 38.0 Å². The number of aromatic amines is 1. The first kappa shape index (κ1) is 29.2. The third kappa shape index (κ3) is 6.09. The number of aryl methyl sites for hydroxylation is 1.